The summed E-state index contributed by atoms with van der Waals surface area (Å²) in [4.78, 5) is 10.2. The van der Waals surface area contributed by atoms with E-state index in [4.69, 9.17) is 9.47 Å². The molecule has 0 amide bonds. The monoisotopic (exact) mass is 445 g/mol. The van der Waals surface area contributed by atoms with E-state index in [2.05, 4.69) is 35.0 Å². The number of ether oxygens (including phenoxy) is 2. The second kappa shape index (κ2) is 7.73. The lowest BCUT2D eigenvalue weighted by atomic mass is 9.96. The van der Waals surface area contributed by atoms with Crippen LogP contribution in [0.3, 0.4) is 0 Å². The van der Waals surface area contributed by atoms with Gasteiger partial charge in [0.25, 0.3) is 0 Å². The molecule has 2 aromatic heterocycles. The third kappa shape index (κ3) is 3.62. The number of fused-ring (bicyclic) bond motifs is 4. The van der Waals surface area contributed by atoms with Gasteiger partial charge >= 0.3 is 0 Å². The highest BCUT2D eigenvalue weighted by Gasteiger charge is 2.38. The van der Waals surface area contributed by atoms with Crippen LogP contribution in [0.15, 0.2) is 54.9 Å². The molecule has 4 aromatic rings. The Hall–Kier alpha value is -3.12. The maximum absolute atomic E-state index is 13.8. The maximum atomic E-state index is 13.8. The van der Waals surface area contributed by atoms with Crippen molar-refractivity contribution in [3.8, 4) is 11.5 Å². The molecule has 6 rings (SSSR count). The van der Waals surface area contributed by atoms with Gasteiger partial charge in [0, 0.05) is 41.3 Å². The van der Waals surface area contributed by atoms with E-state index in [1.165, 1.54) is 11.6 Å². The van der Waals surface area contributed by atoms with Crippen molar-refractivity contribution in [1.82, 2.24) is 14.9 Å². The molecule has 0 saturated heterocycles. The summed E-state index contributed by atoms with van der Waals surface area (Å²) in [5.41, 5.74) is 2.69. The first-order valence-corrected chi connectivity index (χ1v) is 11.7. The van der Waals surface area contributed by atoms with Crippen molar-refractivity contribution in [2.24, 2.45) is 0 Å². The molecule has 6 heteroatoms. The molecule has 3 atom stereocenters. The lowest BCUT2D eigenvalue weighted by Gasteiger charge is -2.40. The van der Waals surface area contributed by atoms with E-state index in [1.54, 1.807) is 12.3 Å². The van der Waals surface area contributed by atoms with Gasteiger partial charge in [-0.3, -0.25) is 9.88 Å². The van der Waals surface area contributed by atoms with E-state index in [0.29, 0.717) is 18.6 Å². The molecule has 1 N–H and O–H groups in total. The van der Waals surface area contributed by atoms with E-state index in [9.17, 15) is 4.39 Å². The first-order valence-electron chi connectivity index (χ1n) is 11.7. The molecule has 1 fully saturated rings. The Kier molecular flexibility index (Phi) is 4.80. The van der Waals surface area contributed by atoms with Crippen molar-refractivity contribution in [3.63, 3.8) is 0 Å². The molecule has 2 aliphatic rings. The number of nitrogens with one attached hydrogen (secondary N) is 1. The molecule has 33 heavy (non-hydrogen) atoms. The van der Waals surface area contributed by atoms with Gasteiger partial charge in [0.2, 0.25) is 0 Å². The fourth-order valence-corrected chi connectivity index (χ4v) is 5.66. The second-order valence-electron chi connectivity index (χ2n) is 9.82. The Morgan fingerprint density at radius 1 is 1.18 bits per heavy atom. The van der Waals surface area contributed by atoms with E-state index in [1.807, 2.05) is 30.3 Å². The number of H-pyrrole nitrogens is 1. The van der Waals surface area contributed by atoms with Gasteiger partial charge in [-0.05, 0) is 87.2 Å². The fraction of sp³-hybridized carbons (Fsp3) is 0.370. The maximum Gasteiger partial charge on any atom is 0.171 e. The molecule has 1 aliphatic carbocycles. The number of halogens is 1. The average Bonchev–Trinajstić information content (AvgIpc) is 3.46. The zero-order valence-electron chi connectivity index (χ0n) is 19.0. The molecule has 170 valence electrons. The minimum absolute atomic E-state index is 0.180. The molecule has 5 nitrogen and oxygen atoms in total. The Morgan fingerprint density at radius 2 is 2.09 bits per heavy atom. The predicted octanol–water partition coefficient (Wildman–Crippen LogP) is 5.65. The van der Waals surface area contributed by atoms with Crippen LogP contribution in [0.5, 0.6) is 11.5 Å². The summed E-state index contributed by atoms with van der Waals surface area (Å²) in [5, 5.41) is 1.99. The zero-order chi connectivity index (χ0) is 22.6. The van der Waals surface area contributed by atoms with Crippen LogP contribution in [0.2, 0.25) is 0 Å². The summed E-state index contributed by atoms with van der Waals surface area (Å²) in [6.45, 7) is 3.40. The highest BCUT2D eigenvalue weighted by Crippen LogP contribution is 2.43. The number of nitrogens with zero attached hydrogens (tertiary/aromatic N) is 2. The zero-order valence-corrected chi connectivity index (χ0v) is 19.0. The number of aromatic nitrogens is 2. The number of hydrogen-bond acceptors (Lipinski definition) is 4. The van der Waals surface area contributed by atoms with Gasteiger partial charge in [0.05, 0.1) is 5.52 Å². The molecule has 0 spiro atoms. The predicted molar refractivity (Wildman–Crippen MR) is 128 cm³/mol. The van der Waals surface area contributed by atoms with Crippen LogP contribution < -0.4 is 9.47 Å². The standard InChI is InChI=1S/C27H28FN3O2/c1-27(16-32-25-10-9-23-20(26(25)33-27)4-3-11-29-23)15-31(2)19-7-5-17(12-19)22-14-30-24-8-6-18(28)13-21(22)24/h3-4,6,8-11,13-14,17,19,30H,5,7,12,15-16H2,1-2H3/t17-,19+,27-/m0/s1. The molecule has 2 aromatic carbocycles. The van der Waals surface area contributed by atoms with Crippen LogP contribution in [0.25, 0.3) is 21.8 Å². The molecule has 1 aliphatic heterocycles. The number of hydrogen-bond donors (Lipinski definition) is 1. The number of benzene rings is 2. The summed E-state index contributed by atoms with van der Waals surface area (Å²) < 4.78 is 26.6. The van der Waals surface area contributed by atoms with Gasteiger partial charge in [0.15, 0.2) is 17.1 Å². The minimum atomic E-state index is -0.451. The Morgan fingerprint density at radius 3 is 3.00 bits per heavy atom. The number of likely N-dealkylation sites (N-methyl/N-ethyl adjacent to an activating group) is 1. The topological polar surface area (TPSA) is 50.4 Å². The smallest absolute Gasteiger partial charge is 0.171 e. The summed E-state index contributed by atoms with van der Waals surface area (Å²) in [7, 11) is 2.18. The van der Waals surface area contributed by atoms with E-state index in [0.717, 1.165) is 59.1 Å². The molecule has 1 saturated carbocycles. The molecular weight excluding hydrogens is 417 g/mol. The summed E-state index contributed by atoms with van der Waals surface area (Å²) >= 11 is 0. The van der Waals surface area contributed by atoms with Crippen LogP contribution in [-0.2, 0) is 0 Å². The summed E-state index contributed by atoms with van der Waals surface area (Å²) in [5.74, 6) is 1.82. The van der Waals surface area contributed by atoms with Crippen LogP contribution in [-0.4, -0.2) is 46.7 Å². The van der Waals surface area contributed by atoms with Crippen molar-refractivity contribution in [3.05, 3.63) is 66.2 Å². The van der Waals surface area contributed by atoms with Gasteiger partial charge in [-0.15, -0.1) is 0 Å². The fourth-order valence-electron chi connectivity index (χ4n) is 5.66. The highest BCUT2D eigenvalue weighted by molar-refractivity contribution is 5.88. The van der Waals surface area contributed by atoms with E-state index < -0.39 is 5.60 Å². The molecule has 0 radical (unpaired) electrons. The largest absolute Gasteiger partial charge is 0.485 e. The van der Waals surface area contributed by atoms with E-state index >= 15 is 0 Å². The number of aromatic amines is 1. The highest BCUT2D eigenvalue weighted by atomic mass is 19.1. The van der Waals surface area contributed by atoms with Crippen LogP contribution in [0.1, 0.15) is 37.7 Å². The Bertz CT molecular complexity index is 1340. The van der Waals surface area contributed by atoms with Crippen molar-refractivity contribution in [2.45, 2.75) is 43.7 Å². The Labute approximate surface area is 192 Å². The van der Waals surface area contributed by atoms with Crippen LogP contribution >= 0.6 is 0 Å². The lowest BCUT2D eigenvalue weighted by molar-refractivity contribution is -0.0208. The SMILES string of the molecule is CN(C[C@@]1(C)COc2ccc3ncccc3c2O1)[C@@H]1CC[C@H](c2c[nH]c3ccc(F)cc23)C1. The van der Waals surface area contributed by atoms with Crippen molar-refractivity contribution >= 4 is 21.8 Å². The van der Waals surface area contributed by atoms with Gasteiger partial charge in [-0.2, -0.15) is 0 Å². The third-order valence-electron chi connectivity index (χ3n) is 7.31. The summed E-state index contributed by atoms with van der Waals surface area (Å²) in [6.07, 6.45) is 7.13. The van der Waals surface area contributed by atoms with Gasteiger partial charge in [-0.25, -0.2) is 4.39 Å². The normalized spacial score (nSPS) is 24.7. The van der Waals surface area contributed by atoms with Crippen molar-refractivity contribution < 1.29 is 13.9 Å². The van der Waals surface area contributed by atoms with Crippen LogP contribution in [0, 0.1) is 5.82 Å². The molecular formula is C27H28FN3O2. The van der Waals surface area contributed by atoms with Crippen molar-refractivity contribution in [1.29, 1.82) is 0 Å². The quantitative estimate of drug-likeness (QED) is 0.441. The number of rotatable bonds is 4. The Balaban J connectivity index is 1.18. The number of pyridine rings is 1. The lowest BCUT2D eigenvalue weighted by Crippen LogP contribution is -2.52. The van der Waals surface area contributed by atoms with Gasteiger partial charge in [-0.1, -0.05) is 0 Å². The average molecular weight is 446 g/mol. The third-order valence-corrected chi connectivity index (χ3v) is 7.31. The van der Waals surface area contributed by atoms with E-state index in [-0.39, 0.29) is 5.82 Å². The summed E-state index contributed by atoms with van der Waals surface area (Å²) in [6, 6.07) is 13.3. The first kappa shape index (κ1) is 20.5. The molecule has 3 heterocycles. The first-order chi connectivity index (χ1) is 16.0. The van der Waals surface area contributed by atoms with Gasteiger partial charge < -0.3 is 14.5 Å². The van der Waals surface area contributed by atoms with Crippen molar-refractivity contribution in [2.75, 3.05) is 20.2 Å². The molecule has 0 unspecified atom stereocenters. The minimum Gasteiger partial charge on any atom is -0.485 e. The second-order valence-corrected chi connectivity index (χ2v) is 9.82. The molecule has 0 bridgehead atoms. The van der Waals surface area contributed by atoms with Crippen LogP contribution in [0.4, 0.5) is 4.39 Å². The van der Waals surface area contributed by atoms with Gasteiger partial charge in [0.1, 0.15) is 12.4 Å².